The summed E-state index contributed by atoms with van der Waals surface area (Å²) in [6.07, 6.45) is -0.132. The van der Waals surface area contributed by atoms with Crippen molar-refractivity contribution in [1.29, 1.82) is 0 Å². The Hall–Kier alpha value is -0.690. The van der Waals surface area contributed by atoms with E-state index in [0.717, 1.165) is 0 Å². The molecule has 0 aliphatic heterocycles. The second kappa shape index (κ2) is 10.8. The van der Waals surface area contributed by atoms with E-state index in [1.165, 1.54) is 0 Å². The van der Waals surface area contributed by atoms with E-state index in [-0.39, 0.29) is 18.6 Å². The van der Waals surface area contributed by atoms with Crippen LogP contribution in [0.5, 0.6) is 0 Å². The monoisotopic (exact) mass is 235 g/mol. The largest absolute Gasteiger partial charge is 0.382 e. The predicted octanol–water partition coefficient (Wildman–Crippen LogP) is -0.573. The quantitative estimate of drug-likeness (QED) is 0.514. The lowest BCUT2D eigenvalue weighted by Gasteiger charge is -2.14. The highest BCUT2D eigenvalue weighted by molar-refractivity contribution is 5.77. The van der Waals surface area contributed by atoms with Gasteiger partial charge in [0.1, 0.15) is 6.61 Å². The summed E-state index contributed by atoms with van der Waals surface area (Å²) in [5, 5.41) is 2.69. The van der Waals surface area contributed by atoms with Crippen LogP contribution in [-0.4, -0.2) is 66.3 Å². The summed E-state index contributed by atoms with van der Waals surface area (Å²) < 4.78 is 19.8. The molecule has 0 aromatic heterocycles. The third-order valence-electron chi connectivity index (χ3n) is 1.88. The number of rotatable bonds is 10. The van der Waals surface area contributed by atoms with Crippen molar-refractivity contribution < 1.29 is 23.7 Å². The number of ether oxygens (including phenoxy) is 4. The van der Waals surface area contributed by atoms with E-state index in [2.05, 4.69) is 5.32 Å². The van der Waals surface area contributed by atoms with Gasteiger partial charge in [-0.3, -0.25) is 4.79 Å². The molecule has 0 heterocycles. The van der Waals surface area contributed by atoms with E-state index in [1.54, 1.807) is 21.3 Å². The number of amides is 1. The lowest BCUT2D eigenvalue weighted by molar-refractivity contribution is -0.126. The van der Waals surface area contributed by atoms with Crippen molar-refractivity contribution >= 4 is 5.91 Å². The van der Waals surface area contributed by atoms with Crippen LogP contribution in [0.3, 0.4) is 0 Å². The lowest BCUT2D eigenvalue weighted by Crippen LogP contribution is -2.37. The van der Waals surface area contributed by atoms with Crippen molar-refractivity contribution in [2.75, 3.05) is 54.3 Å². The average Bonchev–Trinajstić information content (AvgIpc) is 2.30. The molecule has 1 amide bonds. The Balaban J connectivity index is 3.47. The zero-order valence-electron chi connectivity index (χ0n) is 10.2. The zero-order valence-corrected chi connectivity index (χ0v) is 10.2. The van der Waals surface area contributed by atoms with Gasteiger partial charge < -0.3 is 24.3 Å². The number of hydrogen-bond donors (Lipinski definition) is 1. The van der Waals surface area contributed by atoms with Crippen LogP contribution in [0, 0.1) is 0 Å². The summed E-state index contributed by atoms with van der Waals surface area (Å²) in [5.41, 5.74) is 0. The van der Waals surface area contributed by atoms with E-state index >= 15 is 0 Å². The summed E-state index contributed by atoms with van der Waals surface area (Å²) in [6.45, 7) is 1.79. The SMILES string of the molecule is COCCOCC(=O)NCC(COC)OC. The first kappa shape index (κ1) is 15.3. The number of carbonyl (C=O) groups is 1. The number of methoxy groups -OCH3 is 3. The Morgan fingerprint density at radius 2 is 1.94 bits per heavy atom. The molecule has 0 aliphatic rings. The molecular weight excluding hydrogens is 214 g/mol. The van der Waals surface area contributed by atoms with Crippen LogP contribution in [0.1, 0.15) is 0 Å². The maximum absolute atomic E-state index is 11.3. The molecule has 0 aliphatic carbocycles. The van der Waals surface area contributed by atoms with Crippen LogP contribution in [0.4, 0.5) is 0 Å². The maximum Gasteiger partial charge on any atom is 0.246 e. The topological polar surface area (TPSA) is 66.0 Å². The van der Waals surface area contributed by atoms with Crippen molar-refractivity contribution in [3.8, 4) is 0 Å². The van der Waals surface area contributed by atoms with E-state index in [1.807, 2.05) is 0 Å². The molecule has 0 rings (SSSR count). The highest BCUT2D eigenvalue weighted by atomic mass is 16.5. The standard InChI is InChI=1S/C10H21NO5/c1-13-4-5-16-8-10(12)11-6-9(15-3)7-14-2/h9H,4-8H2,1-3H3,(H,11,12). The maximum atomic E-state index is 11.3. The smallest absolute Gasteiger partial charge is 0.246 e. The van der Waals surface area contributed by atoms with Gasteiger partial charge in [0, 0.05) is 27.9 Å². The van der Waals surface area contributed by atoms with Crippen molar-refractivity contribution in [3.05, 3.63) is 0 Å². The van der Waals surface area contributed by atoms with Gasteiger partial charge in [0.2, 0.25) is 5.91 Å². The Bertz CT molecular complexity index is 177. The molecule has 16 heavy (non-hydrogen) atoms. The van der Waals surface area contributed by atoms with Gasteiger partial charge in [-0.15, -0.1) is 0 Å². The van der Waals surface area contributed by atoms with Crippen molar-refractivity contribution in [2.45, 2.75) is 6.10 Å². The number of nitrogens with one attached hydrogen (secondary N) is 1. The van der Waals surface area contributed by atoms with Gasteiger partial charge in [-0.2, -0.15) is 0 Å². The highest BCUT2D eigenvalue weighted by Crippen LogP contribution is 1.88. The molecule has 0 saturated carbocycles. The second-order valence-electron chi connectivity index (χ2n) is 3.16. The van der Waals surface area contributed by atoms with Gasteiger partial charge in [0.25, 0.3) is 0 Å². The van der Waals surface area contributed by atoms with Crippen LogP contribution in [0.25, 0.3) is 0 Å². The predicted molar refractivity (Wildman–Crippen MR) is 58.4 cm³/mol. The summed E-state index contributed by atoms with van der Waals surface area (Å²) in [5.74, 6) is -0.172. The molecule has 1 atom stereocenters. The molecule has 0 saturated heterocycles. The number of hydrogen-bond acceptors (Lipinski definition) is 5. The molecule has 0 radical (unpaired) electrons. The molecule has 1 unspecified atom stereocenters. The molecule has 0 spiro atoms. The van der Waals surface area contributed by atoms with Crippen LogP contribution >= 0.6 is 0 Å². The van der Waals surface area contributed by atoms with Gasteiger partial charge >= 0.3 is 0 Å². The first-order valence-corrected chi connectivity index (χ1v) is 5.09. The molecule has 0 fully saturated rings. The minimum absolute atomic E-state index is 0.0345. The van der Waals surface area contributed by atoms with Crippen LogP contribution in [-0.2, 0) is 23.7 Å². The summed E-state index contributed by atoms with van der Waals surface area (Å²) in [4.78, 5) is 11.3. The van der Waals surface area contributed by atoms with Gasteiger partial charge in [0.05, 0.1) is 25.9 Å². The van der Waals surface area contributed by atoms with Crippen molar-refractivity contribution in [3.63, 3.8) is 0 Å². The van der Waals surface area contributed by atoms with Crippen molar-refractivity contribution in [1.82, 2.24) is 5.32 Å². The van der Waals surface area contributed by atoms with Crippen LogP contribution < -0.4 is 5.32 Å². The third kappa shape index (κ3) is 8.60. The molecule has 1 N–H and O–H groups in total. The second-order valence-corrected chi connectivity index (χ2v) is 3.16. The fourth-order valence-electron chi connectivity index (χ4n) is 0.982. The van der Waals surface area contributed by atoms with E-state index < -0.39 is 0 Å². The third-order valence-corrected chi connectivity index (χ3v) is 1.88. The summed E-state index contributed by atoms with van der Waals surface area (Å²) in [6, 6.07) is 0. The van der Waals surface area contributed by atoms with E-state index in [4.69, 9.17) is 18.9 Å². The van der Waals surface area contributed by atoms with Gasteiger partial charge in [0.15, 0.2) is 0 Å². The fourth-order valence-corrected chi connectivity index (χ4v) is 0.982. The van der Waals surface area contributed by atoms with E-state index in [9.17, 15) is 4.79 Å². The van der Waals surface area contributed by atoms with Crippen LogP contribution in [0.15, 0.2) is 0 Å². The molecule has 6 nitrogen and oxygen atoms in total. The molecular formula is C10H21NO5. The minimum atomic E-state index is -0.172. The Kier molecular flexibility index (Phi) is 10.3. The van der Waals surface area contributed by atoms with Crippen LogP contribution in [0.2, 0.25) is 0 Å². The molecule has 0 aromatic rings. The van der Waals surface area contributed by atoms with Crippen molar-refractivity contribution in [2.24, 2.45) is 0 Å². The molecule has 0 aromatic carbocycles. The molecule has 96 valence electrons. The lowest BCUT2D eigenvalue weighted by atomic mass is 10.3. The normalized spacial score (nSPS) is 12.4. The van der Waals surface area contributed by atoms with Gasteiger partial charge in [-0.1, -0.05) is 0 Å². The zero-order chi connectivity index (χ0) is 12.2. The fraction of sp³-hybridized carbons (Fsp3) is 0.900. The average molecular weight is 235 g/mol. The summed E-state index contributed by atoms with van der Waals surface area (Å²) >= 11 is 0. The highest BCUT2D eigenvalue weighted by Gasteiger charge is 2.08. The van der Waals surface area contributed by atoms with Gasteiger partial charge in [-0.25, -0.2) is 0 Å². The number of carbonyl (C=O) groups excluding carboxylic acids is 1. The molecule has 6 heteroatoms. The first-order chi connectivity index (χ1) is 7.74. The Morgan fingerprint density at radius 1 is 1.19 bits per heavy atom. The Morgan fingerprint density at radius 3 is 2.50 bits per heavy atom. The Labute approximate surface area is 96.2 Å². The van der Waals surface area contributed by atoms with E-state index in [0.29, 0.717) is 26.4 Å². The first-order valence-electron chi connectivity index (χ1n) is 5.09. The minimum Gasteiger partial charge on any atom is -0.382 e. The molecule has 0 bridgehead atoms. The summed E-state index contributed by atoms with van der Waals surface area (Å²) in [7, 11) is 4.74. The van der Waals surface area contributed by atoms with Gasteiger partial charge in [-0.05, 0) is 0 Å².